The van der Waals surface area contributed by atoms with Crippen molar-refractivity contribution in [1.29, 1.82) is 0 Å². The minimum atomic E-state index is 0.368. The van der Waals surface area contributed by atoms with E-state index < -0.39 is 0 Å². The van der Waals surface area contributed by atoms with Crippen LogP contribution in [0.3, 0.4) is 0 Å². The van der Waals surface area contributed by atoms with Crippen LogP contribution in [-0.2, 0) is 9.47 Å². The summed E-state index contributed by atoms with van der Waals surface area (Å²) in [4.78, 5) is 0. The van der Waals surface area contributed by atoms with Gasteiger partial charge < -0.3 is 9.47 Å². The van der Waals surface area contributed by atoms with E-state index >= 15 is 0 Å². The molecule has 12 saturated carbocycles. The van der Waals surface area contributed by atoms with Gasteiger partial charge in [0.1, 0.15) is 0 Å². The second-order valence-electron chi connectivity index (χ2n) is 12.2. The monoisotopic (exact) mass is 320 g/mol. The molecule has 0 aromatic carbocycles. The molecule has 0 heterocycles. The highest BCUT2D eigenvalue weighted by atomic mass is 16.5. The van der Waals surface area contributed by atoms with E-state index in [1.807, 2.05) is 0 Å². The number of hydrogen-bond donors (Lipinski definition) is 0. The van der Waals surface area contributed by atoms with Gasteiger partial charge in [-0.3, -0.25) is 0 Å². The van der Waals surface area contributed by atoms with Crippen LogP contribution in [0, 0.1) is 107 Å². The third-order valence-corrected chi connectivity index (χ3v) is 14.1. The zero-order valence-electron chi connectivity index (χ0n) is 14.2. The van der Waals surface area contributed by atoms with Gasteiger partial charge in [0.25, 0.3) is 0 Å². The smallest absolute Gasteiger partial charge is 0.0779 e. The molecule has 0 aromatic heterocycles. The zero-order valence-corrected chi connectivity index (χ0v) is 14.2. The van der Waals surface area contributed by atoms with Gasteiger partial charge in [-0.2, -0.15) is 0 Å². The lowest BCUT2D eigenvalue weighted by molar-refractivity contribution is -0.117. The molecule has 124 valence electrons. The summed E-state index contributed by atoms with van der Waals surface area (Å²) in [5.41, 5.74) is 0.736. The topological polar surface area (TPSA) is 18.5 Å². The lowest BCUT2D eigenvalue weighted by Crippen LogP contribution is -2.48. The van der Waals surface area contributed by atoms with E-state index in [1.165, 1.54) is 0 Å². The zero-order chi connectivity index (χ0) is 14.8. The predicted octanol–water partition coefficient (Wildman–Crippen LogP) is 2.00. The van der Waals surface area contributed by atoms with Crippen molar-refractivity contribution in [2.24, 2.45) is 107 Å². The normalized spacial score (nSPS) is 98.2. The summed E-state index contributed by atoms with van der Waals surface area (Å²) in [5.74, 6) is 19.0. The van der Waals surface area contributed by atoms with Crippen molar-refractivity contribution in [3.05, 3.63) is 0 Å². The summed E-state index contributed by atoms with van der Waals surface area (Å²) in [6.45, 7) is 0. The molecule has 0 radical (unpaired) electrons. The highest BCUT2D eigenvalue weighted by Gasteiger charge is 3.05. The fraction of sp³-hybridized carbons (Fsp3) is 1.00. The summed E-state index contributed by atoms with van der Waals surface area (Å²) < 4.78 is 13.5. The van der Waals surface area contributed by atoms with Crippen LogP contribution in [0.4, 0.5) is 0 Å². The lowest BCUT2D eigenvalue weighted by atomic mass is 9.73. The Hall–Kier alpha value is -0.0800. The fourth-order valence-electron chi connectivity index (χ4n) is 16.1. The summed E-state index contributed by atoms with van der Waals surface area (Å²) in [7, 11) is 4.27. The van der Waals surface area contributed by atoms with Gasteiger partial charge in [-0.05, 0) is 107 Å². The quantitative estimate of drug-likeness (QED) is 0.775. The maximum Gasteiger partial charge on any atom is 0.0779 e. The summed E-state index contributed by atoms with van der Waals surface area (Å²) in [5, 5.41) is 0. The second kappa shape index (κ2) is 2.39. The Kier molecular flexibility index (Phi) is 1.09. The van der Waals surface area contributed by atoms with Crippen LogP contribution in [0.5, 0.6) is 0 Å². The van der Waals surface area contributed by atoms with Gasteiger partial charge in [0.05, 0.1) is 11.2 Å². The largest absolute Gasteiger partial charge is 0.377 e. The molecule has 12 aliphatic carbocycles. The molecule has 2 nitrogen and oxygen atoms in total. The molecule has 0 spiro atoms. The number of methoxy groups -OCH3 is 2. The Labute approximate surface area is 142 Å². The van der Waals surface area contributed by atoms with E-state index in [0.29, 0.717) is 11.2 Å². The summed E-state index contributed by atoms with van der Waals surface area (Å²) >= 11 is 0. The molecular weight excluding hydrogens is 296 g/mol. The third-order valence-electron chi connectivity index (χ3n) is 14.1. The maximum absolute atomic E-state index is 6.74. The first-order valence-corrected chi connectivity index (χ1v) is 11.0. The summed E-state index contributed by atoms with van der Waals surface area (Å²) in [6, 6.07) is 0. The van der Waals surface area contributed by atoms with E-state index in [4.69, 9.17) is 9.47 Å². The average molecular weight is 320 g/mol. The predicted molar refractivity (Wildman–Crippen MR) is 82.3 cm³/mol. The Morgan fingerprint density at radius 1 is 0.375 bits per heavy atom. The van der Waals surface area contributed by atoms with E-state index in [1.54, 1.807) is 0 Å². The first-order chi connectivity index (χ1) is 11.9. The van der Waals surface area contributed by atoms with Crippen molar-refractivity contribution in [3.63, 3.8) is 0 Å². The molecule has 0 aromatic rings. The van der Waals surface area contributed by atoms with E-state index in [0.717, 1.165) is 107 Å². The van der Waals surface area contributed by atoms with Crippen LogP contribution in [0.1, 0.15) is 0 Å². The van der Waals surface area contributed by atoms with Crippen molar-refractivity contribution in [2.45, 2.75) is 11.2 Å². The second-order valence-corrected chi connectivity index (χ2v) is 12.2. The molecule has 2 heteroatoms. The van der Waals surface area contributed by atoms with Gasteiger partial charge in [0.15, 0.2) is 0 Å². The van der Waals surface area contributed by atoms with Crippen LogP contribution >= 0.6 is 0 Å². The SMILES string of the molecule is COC12C3[C@H]4C5C6[C@H]7C8[C@H]5[C@@H]5[C@@H]4[C@H]1C1C4[C@@H]2[C@@H]([C@@H]63)[C@@H]7[C@H]4C8(OC)[C@@H]15. The summed E-state index contributed by atoms with van der Waals surface area (Å²) in [6.07, 6.45) is 0. The standard InChI is InChI=1S/C22H24O2/c1-23-21-15-5-3-4-6(15)10-12-8(4)16-7(3)11-9(5)17(21)13-14(18(10)21)20(12)22(16,24-2)19(11)13/h3-20H,1-2H3/t3?,4?,5-,6-,7-,8+,9-,10-,11+,12-,13?,14?,15?,16?,17-,18-,19+,20+,21?,22?/m1/s1. The molecule has 20 atom stereocenters. The average Bonchev–Trinajstić information content (AvgIpc) is 3.27. The van der Waals surface area contributed by atoms with Gasteiger partial charge in [0.2, 0.25) is 0 Å². The first-order valence-electron chi connectivity index (χ1n) is 11.0. The van der Waals surface area contributed by atoms with Crippen molar-refractivity contribution >= 4 is 0 Å². The van der Waals surface area contributed by atoms with Gasteiger partial charge in [-0.1, -0.05) is 0 Å². The first kappa shape index (κ1) is 10.9. The van der Waals surface area contributed by atoms with E-state index in [-0.39, 0.29) is 0 Å². The van der Waals surface area contributed by atoms with E-state index in [9.17, 15) is 0 Å². The molecule has 8 unspecified atom stereocenters. The minimum Gasteiger partial charge on any atom is -0.377 e. The molecule has 0 bridgehead atoms. The maximum atomic E-state index is 6.74. The van der Waals surface area contributed by atoms with Crippen molar-refractivity contribution in [2.75, 3.05) is 14.2 Å². The van der Waals surface area contributed by atoms with Gasteiger partial charge in [0, 0.05) is 14.2 Å². The Morgan fingerprint density at radius 3 is 0.917 bits per heavy atom. The molecule has 12 aliphatic rings. The highest BCUT2D eigenvalue weighted by molar-refractivity contribution is 5.52. The van der Waals surface area contributed by atoms with Crippen LogP contribution in [0.2, 0.25) is 0 Å². The number of ether oxygens (including phenoxy) is 2. The van der Waals surface area contributed by atoms with E-state index in [2.05, 4.69) is 14.2 Å². The number of hydrogen-bond acceptors (Lipinski definition) is 2. The van der Waals surface area contributed by atoms with Gasteiger partial charge in [-0.15, -0.1) is 0 Å². The molecule has 24 heavy (non-hydrogen) atoms. The van der Waals surface area contributed by atoms with Crippen LogP contribution < -0.4 is 0 Å². The van der Waals surface area contributed by atoms with Gasteiger partial charge in [-0.25, -0.2) is 0 Å². The number of rotatable bonds is 2. The van der Waals surface area contributed by atoms with Gasteiger partial charge >= 0.3 is 0 Å². The van der Waals surface area contributed by atoms with Crippen molar-refractivity contribution < 1.29 is 9.47 Å². The molecule has 12 fully saturated rings. The lowest BCUT2D eigenvalue weighted by Gasteiger charge is -2.42. The highest BCUT2D eigenvalue weighted by Crippen LogP contribution is 3.03. The van der Waals surface area contributed by atoms with Crippen LogP contribution in [0.25, 0.3) is 0 Å². The fourth-order valence-corrected chi connectivity index (χ4v) is 16.1. The molecular formula is C22H24O2. The molecule has 0 aliphatic heterocycles. The van der Waals surface area contributed by atoms with Crippen LogP contribution in [-0.4, -0.2) is 25.4 Å². The Morgan fingerprint density at radius 2 is 0.625 bits per heavy atom. The third kappa shape index (κ3) is 0.504. The molecule has 0 N–H and O–H groups in total. The molecule has 0 saturated heterocycles. The minimum absolute atomic E-state index is 0.368. The van der Waals surface area contributed by atoms with Crippen LogP contribution in [0.15, 0.2) is 0 Å². The molecule has 12 rings (SSSR count). The molecule has 0 amide bonds. The van der Waals surface area contributed by atoms with Crippen molar-refractivity contribution in [3.8, 4) is 0 Å². The Balaban J connectivity index is 1.43. The van der Waals surface area contributed by atoms with Crippen molar-refractivity contribution in [1.82, 2.24) is 0 Å². The Bertz CT molecular complexity index is 714.